The van der Waals surface area contributed by atoms with Crippen LogP contribution in [0.3, 0.4) is 0 Å². The number of alkyl halides is 1. The van der Waals surface area contributed by atoms with Crippen LogP contribution in [0.25, 0.3) is 0 Å². The van der Waals surface area contributed by atoms with Gasteiger partial charge in [0.25, 0.3) is 0 Å². The summed E-state index contributed by atoms with van der Waals surface area (Å²) >= 11 is 0. The minimum Gasteiger partial charge on any atom is -0.388 e. The first-order chi connectivity index (χ1) is 5.36. The third-order valence-electron chi connectivity index (χ3n) is 1.87. The molecule has 1 saturated heterocycles. The van der Waals surface area contributed by atoms with Crippen LogP contribution in [-0.2, 0) is 4.74 Å². The first-order valence-corrected chi connectivity index (χ1v) is 3.49. The van der Waals surface area contributed by atoms with Gasteiger partial charge in [-0.05, 0) is 6.92 Å². The van der Waals surface area contributed by atoms with E-state index >= 15 is 0 Å². The molecule has 5 nitrogen and oxygen atoms in total. The quantitative estimate of drug-likeness (QED) is 0.351. The molecule has 0 amide bonds. The molecule has 1 rings (SSSR count). The van der Waals surface area contributed by atoms with E-state index in [1.54, 1.807) is 0 Å². The zero-order chi connectivity index (χ0) is 9.52. The summed E-state index contributed by atoms with van der Waals surface area (Å²) in [5, 5.41) is 35.5. The molecule has 5 atom stereocenters. The van der Waals surface area contributed by atoms with Crippen molar-refractivity contribution in [2.45, 2.75) is 37.4 Å². The molecule has 1 fully saturated rings. The lowest BCUT2D eigenvalue weighted by atomic mass is 9.99. The van der Waals surface area contributed by atoms with Crippen LogP contribution in [-0.4, -0.2) is 50.9 Å². The van der Waals surface area contributed by atoms with E-state index < -0.39 is 30.5 Å². The lowest BCUT2D eigenvalue weighted by Gasteiger charge is -2.39. The number of hydrogen-bond donors (Lipinski definition) is 4. The summed E-state index contributed by atoms with van der Waals surface area (Å²) < 4.78 is 16.9. The molecule has 0 radical (unpaired) electrons. The molecule has 0 saturated carbocycles. The molecule has 0 spiro atoms. The van der Waals surface area contributed by atoms with Crippen LogP contribution in [0.1, 0.15) is 6.92 Å². The molecule has 0 aliphatic carbocycles. The fraction of sp³-hybridized carbons (Fsp3) is 1.00. The Bertz CT molecular complexity index is 173. The molecule has 0 bridgehead atoms. The van der Waals surface area contributed by atoms with Gasteiger partial charge in [-0.1, -0.05) is 0 Å². The lowest BCUT2D eigenvalue weighted by Crippen LogP contribution is -2.61. The van der Waals surface area contributed by atoms with Crippen molar-refractivity contribution in [3.8, 4) is 0 Å². The maximum atomic E-state index is 12.8. The van der Waals surface area contributed by atoms with Gasteiger partial charge in [0.15, 0.2) is 6.10 Å². The predicted molar refractivity (Wildman–Crippen MR) is 34.6 cm³/mol. The second kappa shape index (κ2) is 2.90. The van der Waals surface area contributed by atoms with Crippen LogP contribution in [0.4, 0.5) is 4.39 Å². The van der Waals surface area contributed by atoms with E-state index in [1.807, 2.05) is 0 Å². The van der Waals surface area contributed by atoms with Crippen molar-refractivity contribution in [3.05, 3.63) is 0 Å². The van der Waals surface area contributed by atoms with E-state index in [0.717, 1.165) is 0 Å². The number of rotatable bonds is 0. The predicted octanol–water partition coefficient (Wildman–Crippen LogP) is -1.90. The van der Waals surface area contributed by atoms with Gasteiger partial charge in [0.05, 0.1) is 6.10 Å². The van der Waals surface area contributed by atoms with E-state index in [0.29, 0.717) is 0 Å². The van der Waals surface area contributed by atoms with Crippen molar-refractivity contribution in [2.75, 3.05) is 0 Å². The highest BCUT2D eigenvalue weighted by Gasteiger charge is 2.52. The summed E-state index contributed by atoms with van der Waals surface area (Å²) in [5.41, 5.74) is 0. The summed E-state index contributed by atoms with van der Waals surface area (Å²) in [7, 11) is 0. The molecule has 0 aromatic heterocycles. The van der Waals surface area contributed by atoms with Gasteiger partial charge in [0.1, 0.15) is 12.2 Å². The van der Waals surface area contributed by atoms with E-state index in [-0.39, 0.29) is 0 Å². The Kier molecular flexibility index (Phi) is 2.37. The first kappa shape index (κ1) is 9.82. The smallest absolute Gasteiger partial charge is 0.347 e. The van der Waals surface area contributed by atoms with Crippen LogP contribution in [0.2, 0.25) is 0 Å². The summed E-state index contributed by atoms with van der Waals surface area (Å²) in [4.78, 5) is 0. The summed E-state index contributed by atoms with van der Waals surface area (Å²) in [5.74, 6) is 0. The average molecular weight is 182 g/mol. The van der Waals surface area contributed by atoms with E-state index in [9.17, 15) is 4.39 Å². The number of aliphatic hydroxyl groups is 4. The van der Waals surface area contributed by atoms with Crippen molar-refractivity contribution in [3.63, 3.8) is 0 Å². The second-order valence-corrected chi connectivity index (χ2v) is 2.86. The number of hydrogen-bond acceptors (Lipinski definition) is 5. The van der Waals surface area contributed by atoms with Gasteiger partial charge in [-0.25, -0.2) is 0 Å². The second-order valence-electron chi connectivity index (χ2n) is 2.86. The topological polar surface area (TPSA) is 90.2 Å². The average Bonchev–Trinajstić information content (AvgIpc) is 1.97. The number of aliphatic hydroxyl groups excluding tert-OH is 3. The summed E-state index contributed by atoms with van der Waals surface area (Å²) in [6.07, 6.45) is -6.37. The maximum absolute atomic E-state index is 12.8. The van der Waals surface area contributed by atoms with Gasteiger partial charge < -0.3 is 25.2 Å². The molecular formula is C6H11FO5. The van der Waals surface area contributed by atoms with Crippen molar-refractivity contribution in [1.29, 1.82) is 0 Å². The zero-order valence-corrected chi connectivity index (χ0v) is 6.38. The highest BCUT2D eigenvalue weighted by atomic mass is 19.2. The fourth-order valence-electron chi connectivity index (χ4n) is 1.08. The molecule has 72 valence electrons. The minimum atomic E-state index is -3.29. The molecule has 1 heterocycles. The van der Waals surface area contributed by atoms with Crippen molar-refractivity contribution < 1.29 is 29.6 Å². The van der Waals surface area contributed by atoms with Gasteiger partial charge in [-0.15, -0.1) is 0 Å². The van der Waals surface area contributed by atoms with E-state index in [2.05, 4.69) is 4.74 Å². The van der Waals surface area contributed by atoms with Crippen LogP contribution in [0.5, 0.6) is 0 Å². The van der Waals surface area contributed by atoms with E-state index in [4.69, 9.17) is 20.4 Å². The van der Waals surface area contributed by atoms with Gasteiger partial charge in [0, 0.05) is 0 Å². The number of ether oxygens (including phenoxy) is 1. The van der Waals surface area contributed by atoms with Crippen LogP contribution >= 0.6 is 0 Å². The molecule has 1 aliphatic heterocycles. The molecule has 12 heavy (non-hydrogen) atoms. The van der Waals surface area contributed by atoms with Gasteiger partial charge >= 0.3 is 6.04 Å². The van der Waals surface area contributed by atoms with Crippen LogP contribution in [0, 0.1) is 0 Å². The van der Waals surface area contributed by atoms with Gasteiger partial charge in [0.2, 0.25) is 0 Å². The standard InChI is InChI=1S/C6H11FO5/c1-2-3(8)4(9)5(10)6(7,11)12-2/h2-5,8-11H,1H3/t2-,3-,4+,5+,6?/m0/s1. The molecule has 4 N–H and O–H groups in total. The van der Waals surface area contributed by atoms with E-state index in [1.165, 1.54) is 6.92 Å². The molecule has 6 heteroatoms. The minimum absolute atomic E-state index is 1.07. The Morgan fingerprint density at radius 3 is 2.25 bits per heavy atom. The summed E-state index contributed by atoms with van der Waals surface area (Å²) in [6.45, 7) is 1.27. The molecular weight excluding hydrogens is 171 g/mol. The van der Waals surface area contributed by atoms with Crippen LogP contribution < -0.4 is 0 Å². The van der Waals surface area contributed by atoms with Gasteiger partial charge in [-0.2, -0.15) is 4.39 Å². The zero-order valence-electron chi connectivity index (χ0n) is 6.38. The Morgan fingerprint density at radius 1 is 1.25 bits per heavy atom. The van der Waals surface area contributed by atoms with Crippen molar-refractivity contribution >= 4 is 0 Å². The Morgan fingerprint density at radius 2 is 1.75 bits per heavy atom. The molecule has 1 aliphatic rings. The molecule has 0 aromatic rings. The SMILES string of the molecule is C[C@@H]1OC(O)(F)[C@H](O)[C@H](O)[C@H]1O. The normalized spacial score (nSPS) is 55.5. The number of halogens is 1. The first-order valence-electron chi connectivity index (χ1n) is 3.49. The molecule has 1 unspecified atom stereocenters. The summed E-state index contributed by atoms with van der Waals surface area (Å²) in [6, 6.07) is -3.29. The van der Waals surface area contributed by atoms with Crippen molar-refractivity contribution in [2.24, 2.45) is 0 Å². The highest BCUT2D eigenvalue weighted by molar-refractivity contribution is 4.89. The Balaban J connectivity index is 2.78. The lowest BCUT2D eigenvalue weighted by molar-refractivity contribution is -0.398. The van der Waals surface area contributed by atoms with Gasteiger partial charge in [-0.3, -0.25) is 0 Å². The van der Waals surface area contributed by atoms with Crippen LogP contribution in [0.15, 0.2) is 0 Å². The third kappa shape index (κ3) is 1.44. The Labute approximate surface area is 68.0 Å². The van der Waals surface area contributed by atoms with Crippen molar-refractivity contribution in [1.82, 2.24) is 0 Å². The third-order valence-corrected chi connectivity index (χ3v) is 1.87. The molecule has 0 aromatic carbocycles. The highest BCUT2D eigenvalue weighted by Crippen LogP contribution is 2.28. The maximum Gasteiger partial charge on any atom is 0.347 e. The monoisotopic (exact) mass is 182 g/mol. The largest absolute Gasteiger partial charge is 0.388 e. The fourth-order valence-corrected chi connectivity index (χ4v) is 1.08. The Hall–Kier alpha value is -0.270.